The maximum absolute atomic E-state index is 12.5. The van der Waals surface area contributed by atoms with Crippen molar-refractivity contribution in [1.29, 1.82) is 0 Å². The first-order chi connectivity index (χ1) is 10.1. The van der Waals surface area contributed by atoms with Gasteiger partial charge in [-0.05, 0) is 25.1 Å². The minimum absolute atomic E-state index is 0.141. The lowest BCUT2D eigenvalue weighted by Crippen LogP contribution is -2.57. The molecule has 0 saturated carbocycles. The van der Waals surface area contributed by atoms with Gasteiger partial charge >= 0.3 is 11.9 Å². The van der Waals surface area contributed by atoms with Gasteiger partial charge in [0.1, 0.15) is 5.71 Å². The lowest BCUT2D eigenvalue weighted by molar-refractivity contribution is -0.405. The van der Waals surface area contributed by atoms with Crippen LogP contribution in [0.4, 0.5) is 10.5 Å². The monoisotopic (exact) mass is 344 g/mol. The molecule has 9 heteroatoms. The van der Waals surface area contributed by atoms with Crippen molar-refractivity contribution >= 4 is 45.0 Å². The molecule has 1 heterocycles. The lowest BCUT2D eigenvalue weighted by Gasteiger charge is -2.23. The van der Waals surface area contributed by atoms with Gasteiger partial charge in [0, 0.05) is 10.7 Å². The van der Waals surface area contributed by atoms with E-state index in [-0.39, 0.29) is 11.4 Å². The number of hydrogen-bond acceptors (Lipinski definition) is 4. The molecule has 1 unspecified atom stereocenters. The quantitative estimate of drug-likeness (QED) is 0.833. The van der Waals surface area contributed by atoms with E-state index < -0.39 is 27.2 Å². The highest BCUT2D eigenvalue weighted by atomic mass is 35.5. The Bertz CT molecular complexity index is 788. The minimum Gasteiger partial charge on any atom is -0.282 e. The molecule has 1 N–H and O–H groups in total. The normalized spacial score (nSPS) is 19.6. The van der Waals surface area contributed by atoms with Crippen LogP contribution in [0, 0.1) is 0 Å². The fourth-order valence-corrected chi connectivity index (χ4v) is 3.93. The Morgan fingerprint density at radius 2 is 1.95 bits per heavy atom. The van der Waals surface area contributed by atoms with E-state index in [0.717, 1.165) is 9.48 Å². The zero-order valence-corrected chi connectivity index (χ0v) is 13.8. The van der Waals surface area contributed by atoms with Gasteiger partial charge in [-0.15, -0.1) is 0 Å². The van der Waals surface area contributed by atoms with Gasteiger partial charge < -0.3 is 0 Å². The molecule has 0 radical (unpaired) electrons. The molecule has 1 aromatic carbocycles. The van der Waals surface area contributed by atoms with Crippen molar-refractivity contribution in [3.63, 3.8) is 0 Å². The van der Waals surface area contributed by atoms with Crippen LogP contribution in [0.25, 0.3) is 0 Å². The van der Waals surface area contributed by atoms with E-state index >= 15 is 0 Å². The fourth-order valence-electron chi connectivity index (χ4n) is 2.13. The molecule has 2 rings (SSSR count). The highest BCUT2D eigenvalue weighted by Gasteiger charge is 2.50. The van der Waals surface area contributed by atoms with Crippen molar-refractivity contribution in [3.8, 4) is 0 Å². The van der Waals surface area contributed by atoms with Crippen molar-refractivity contribution in [2.45, 2.75) is 12.2 Å². The number of nitrogens with zero attached hydrogens (tertiary/aromatic N) is 2. The average molecular weight is 345 g/mol. The van der Waals surface area contributed by atoms with Crippen molar-refractivity contribution in [3.05, 3.63) is 29.3 Å². The van der Waals surface area contributed by atoms with Crippen molar-refractivity contribution in [2.24, 2.45) is 0 Å². The maximum atomic E-state index is 12.5. The summed E-state index contributed by atoms with van der Waals surface area (Å²) >= 11 is 5.81. The van der Waals surface area contributed by atoms with Crippen LogP contribution in [0.3, 0.4) is 0 Å². The summed E-state index contributed by atoms with van der Waals surface area (Å²) in [7, 11) is -1.41. The van der Waals surface area contributed by atoms with Gasteiger partial charge in [-0.25, -0.2) is 13.2 Å². The predicted molar refractivity (Wildman–Crippen MR) is 82.8 cm³/mol. The molecular formula is C13H15ClN3O4S+. The zero-order valence-electron chi connectivity index (χ0n) is 12.2. The van der Waals surface area contributed by atoms with Crippen LogP contribution in [0.15, 0.2) is 24.3 Å². The van der Waals surface area contributed by atoms with Crippen LogP contribution < -0.4 is 4.72 Å². The number of nitrogens with one attached hydrogen (secondary N) is 1. The van der Waals surface area contributed by atoms with Gasteiger partial charge in [-0.2, -0.15) is 14.3 Å². The number of carbonyl (C=O) groups excluding carboxylic acids is 2. The van der Waals surface area contributed by atoms with Gasteiger partial charge in [0.25, 0.3) is 10.0 Å². The van der Waals surface area contributed by atoms with Crippen molar-refractivity contribution < 1.29 is 22.6 Å². The summed E-state index contributed by atoms with van der Waals surface area (Å²) < 4.78 is 28.5. The molecule has 0 fully saturated rings. The summed E-state index contributed by atoms with van der Waals surface area (Å²) in [5.74, 6) is -0.796. The number of anilines is 1. The molecule has 7 nitrogen and oxygen atoms in total. The Hall–Kier alpha value is -1.93. The van der Waals surface area contributed by atoms with E-state index in [1.807, 2.05) is 0 Å². The van der Waals surface area contributed by atoms with E-state index in [4.69, 9.17) is 11.6 Å². The third kappa shape index (κ3) is 2.84. The fraction of sp³-hybridized carbons (Fsp3) is 0.308. The maximum Gasteiger partial charge on any atom is 0.500 e. The molecule has 1 aliphatic rings. The molecule has 1 aromatic rings. The van der Waals surface area contributed by atoms with Crippen LogP contribution in [0.2, 0.25) is 5.02 Å². The molecule has 3 amide bonds. The molecule has 118 valence electrons. The number of amides is 3. The smallest absolute Gasteiger partial charge is 0.282 e. The largest absolute Gasteiger partial charge is 0.500 e. The Morgan fingerprint density at radius 1 is 1.32 bits per heavy atom. The molecule has 1 aliphatic heterocycles. The molecule has 0 bridgehead atoms. The highest BCUT2D eigenvalue weighted by molar-refractivity contribution is 7.94. The van der Waals surface area contributed by atoms with Crippen LogP contribution in [0.5, 0.6) is 0 Å². The molecule has 0 spiro atoms. The number of carbonyl (C=O) groups is 2. The molecule has 0 aromatic heterocycles. The Kier molecular flexibility index (Phi) is 4.25. The number of hydrogen-bond donors (Lipinski definition) is 1. The first-order valence-electron chi connectivity index (χ1n) is 6.31. The van der Waals surface area contributed by atoms with Gasteiger partial charge in [-0.1, -0.05) is 17.7 Å². The van der Waals surface area contributed by atoms with Gasteiger partial charge in [0.05, 0.1) is 14.1 Å². The Balaban J connectivity index is 2.44. The van der Waals surface area contributed by atoms with Gasteiger partial charge in [0.2, 0.25) is 5.25 Å². The Morgan fingerprint density at radius 3 is 2.55 bits per heavy atom. The van der Waals surface area contributed by atoms with Crippen LogP contribution in [-0.2, 0) is 14.8 Å². The van der Waals surface area contributed by atoms with Crippen LogP contribution in [-0.4, -0.2) is 54.9 Å². The summed E-state index contributed by atoms with van der Waals surface area (Å²) in [6, 6.07) is 5.56. The van der Waals surface area contributed by atoms with Gasteiger partial charge in [-0.3, -0.25) is 4.72 Å². The third-order valence-electron chi connectivity index (χ3n) is 3.43. The molecule has 22 heavy (non-hydrogen) atoms. The Labute approximate surface area is 133 Å². The molecule has 0 saturated heterocycles. The summed E-state index contributed by atoms with van der Waals surface area (Å²) in [6.07, 6.45) is 0. The van der Waals surface area contributed by atoms with E-state index in [2.05, 4.69) is 4.72 Å². The van der Waals surface area contributed by atoms with Crippen molar-refractivity contribution in [1.82, 2.24) is 4.90 Å². The number of urea groups is 1. The predicted octanol–water partition coefficient (Wildman–Crippen LogP) is 1.15. The van der Waals surface area contributed by atoms with E-state index in [1.165, 1.54) is 33.2 Å². The minimum atomic E-state index is -4.07. The number of imide groups is 1. The van der Waals surface area contributed by atoms with E-state index in [0.29, 0.717) is 5.02 Å². The highest BCUT2D eigenvalue weighted by Crippen LogP contribution is 2.20. The molecular weight excluding hydrogens is 330 g/mol. The van der Waals surface area contributed by atoms with E-state index in [1.54, 1.807) is 12.1 Å². The summed E-state index contributed by atoms with van der Waals surface area (Å²) in [6.45, 7) is 1.44. The first kappa shape index (κ1) is 16.4. The topological polar surface area (TPSA) is 86.6 Å². The number of benzene rings is 1. The molecule has 0 aliphatic carbocycles. The summed E-state index contributed by atoms with van der Waals surface area (Å²) in [4.78, 5) is 24.8. The molecule has 1 atom stereocenters. The summed E-state index contributed by atoms with van der Waals surface area (Å²) in [5.41, 5.74) is 0.387. The van der Waals surface area contributed by atoms with Crippen molar-refractivity contribution in [2.75, 3.05) is 18.8 Å². The summed E-state index contributed by atoms with van der Waals surface area (Å²) in [5, 5.41) is -1.11. The number of rotatable bonds is 3. The lowest BCUT2D eigenvalue weighted by atomic mass is 10.2. The second-order valence-electron chi connectivity index (χ2n) is 4.92. The SMILES string of the molecule is CC1=[N+](C)C(=O)N(C)C(=O)C1S(=O)(=O)Nc1cccc(Cl)c1. The third-order valence-corrected chi connectivity index (χ3v) is 5.35. The average Bonchev–Trinajstić information content (AvgIpc) is 2.42. The van der Waals surface area contributed by atoms with Crippen LogP contribution >= 0.6 is 11.6 Å². The number of sulfonamides is 1. The van der Waals surface area contributed by atoms with Gasteiger partial charge in [0.15, 0.2) is 0 Å². The van der Waals surface area contributed by atoms with Crippen LogP contribution in [0.1, 0.15) is 6.92 Å². The van der Waals surface area contributed by atoms with E-state index in [9.17, 15) is 18.0 Å². The number of halogens is 1. The second kappa shape index (κ2) is 5.69. The zero-order chi connectivity index (χ0) is 16.7. The second-order valence-corrected chi connectivity index (χ2v) is 7.12. The standard InChI is InChI=1S/C13H15ClN3O4S/c1-8-11(12(18)17(3)13(19)16(8)2)22(20,21)15-10-6-4-5-9(14)7-10/h4-7,11,15H,1-3H3/q+1. The first-order valence-corrected chi connectivity index (χ1v) is 8.23.